The van der Waals surface area contributed by atoms with Crippen molar-refractivity contribution in [1.82, 2.24) is 0 Å². The van der Waals surface area contributed by atoms with E-state index in [1.807, 2.05) is 0 Å². The van der Waals surface area contributed by atoms with Crippen LogP contribution in [0.3, 0.4) is 0 Å². The zero-order valence-electron chi connectivity index (χ0n) is 2.70. The average Bonchev–Trinajstić information content (AvgIpc) is 1.86. The van der Waals surface area contributed by atoms with Gasteiger partial charge in [0.25, 0.3) is 0 Å². The quantitative estimate of drug-likeness (QED) is 0.430. The summed E-state index contributed by atoms with van der Waals surface area (Å²) in [6.45, 7) is 0. The van der Waals surface area contributed by atoms with Gasteiger partial charge in [0.15, 0.2) is 0 Å². The normalized spacial score (nSPS) is 17.0. The zero-order chi connectivity index (χ0) is 4.41. The summed E-state index contributed by atoms with van der Waals surface area (Å²) in [5.41, 5.74) is 0. The summed E-state index contributed by atoms with van der Waals surface area (Å²) in [6.07, 6.45) is 0. The summed E-state index contributed by atoms with van der Waals surface area (Å²) < 4.78 is 0. The SMILES string of the molecule is O=C1N=NN=N1. The Balaban J connectivity index is 2.86. The minimum absolute atomic E-state index is 0.630. The third-order valence-corrected chi connectivity index (χ3v) is 0.301. The molecule has 0 radical (unpaired) electrons. The van der Waals surface area contributed by atoms with Gasteiger partial charge in [0, 0.05) is 0 Å². The Bertz CT molecular complexity index is 110. The molecule has 6 heavy (non-hydrogen) atoms. The van der Waals surface area contributed by atoms with E-state index in [0.29, 0.717) is 0 Å². The number of rotatable bonds is 0. The van der Waals surface area contributed by atoms with Crippen LogP contribution in [0.5, 0.6) is 0 Å². The highest BCUT2D eigenvalue weighted by Crippen LogP contribution is 1.93. The van der Waals surface area contributed by atoms with Gasteiger partial charge in [-0.2, -0.15) is 0 Å². The van der Waals surface area contributed by atoms with Crippen molar-refractivity contribution in [2.24, 2.45) is 20.7 Å². The number of nitrogens with zero attached hydrogens (tertiary/aromatic N) is 4. The molecule has 0 aromatic rings. The van der Waals surface area contributed by atoms with Crippen LogP contribution in [0.15, 0.2) is 20.7 Å². The average molecular weight is 84.0 g/mol. The van der Waals surface area contributed by atoms with Crippen LogP contribution in [0.4, 0.5) is 4.79 Å². The van der Waals surface area contributed by atoms with Gasteiger partial charge in [-0.15, -0.1) is 0 Å². The second kappa shape index (κ2) is 0.925. The van der Waals surface area contributed by atoms with E-state index < -0.39 is 6.03 Å². The van der Waals surface area contributed by atoms with Gasteiger partial charge < -0.3 is 0 Å². The molecule has 0 spiro atoms. The van der Waals surface area contributed by atoms with E-state index in [1.165, 1.54) is 0 Å². The molecular formula is CN4O. The predicted molar refractivity (Wildman–Crippen MR) is 15.1 cm³/mol. The zero-order valence-corrected chi connectivity index (χ0v) is 2.70. The van der Waals surface area contributed by atoms with Crippen LogP contribution in [0.2, 0.25) is 0 Å². The third kappa shape index (κ3) is 0.291. The van der Waals surface area contributed by atoms with E-state index >= 15 is 0 Å². The Morgan fingerprint density at radius 3 is 1.83 bits per heavy atom. The lowest BCUT2D eigenvalue weighted by Crippen LogP contribution is -1.69. The Labute approximate surface area is 32.8 Å². The number of hydrogen-bond acceptors (Lipinski definition) is 3. The van der Waals surface area contributed by atoms with Gasteiger partial charge in [-0.1, -0.05) is 10.2 Å². The van der Waals surface area contributed by atoms with Crippen LogP contribution in [-0.2, 0) is 0 Å². The second-order valence-electron chi connectivity index (χ2n) is 0.661. The summed E-state index contributed by atoms with van der Waals surface area (Å²) in [4.78, 5) is 9.72. The molecule has 0 bridgehead atoms. The maximum absolute atomic E-state index is 9.72. The Kier molecular flexibility index (Phi) is 0.474. The highest BCUT2D eigenvalue weighted by Gasteiger charge is 1.96. The minimum Gasteiger partial charge on any atom is -0.240 e. The Morgan fingerprint density at radius 1 is 1.17 bits per heavy atom. The van der Waals surface area contributed by atoms with Crippen LogP contribution in [-0.4, -0.2) is 6.03 Å². The molecule has 2 amide bonds. The molecule has 30 valence electrons. The van der Waals surface area contributed by atoms with Gasteiger partial charge in [-0.3, -0.25) is 0 Å². The molecule has 1 aliphatic rings. The molecule has 0 N–H and O–H groups in total. The minimum atomic E-state index is -0.630. The van der Waals surface area contributed by atoms with E-state index in [9.17, 15) is 4.79 Å². The van der Waals surface area contributed by atoms with Crippen molar-refractivity contribution in [2.75, 3.05) is 0 Å². The Morgan fingerprint density at radius 2 is 1.67 bits per heavy atom. The largest absolute Gasteiger partial charge is 0.407 e. The first-order valence-corrected chi connectivity index (χ1v) is 1.25. The maximum Gasteiger partial charge on any atom is 0.407 e. The first-order valence-electron chi connectivity index (χ1n) is 1.25. The van der Waals surface area contributed by atoms with Crippen molar-refractivity contribution in [3.05, 3.63) is 0 Å². The maximum atomic E-state index is 9.72. The summed E-state index contributed by atoms with van der Waals surface area (Å²) in [6, 6.07) is -0.630. The molecule has 0 aliphatic carbocycles. The molecule has 0 fully saturated rings. The third-order valence-electron chi connectivity index (χ3n) is 0.301. The monoisotopic (exact) mass is 84.0 g/mol. The smallest absolute Gasteiger partial charge is 0.240 e. The first-order chi connectivity index (χ1) is 2.89. The highest BCUT2D eigenvalue weighted by atomic mass is 16.2. The molecule has 0 aromatic heterocycles. The Hall–Kier alpha value is -1.13. The lowest BCUT2D eigenvalue weighted by atomic mass is 11.2. The lowest BCUT2D eigenvalue weighted by Gasteiger charge is -1.54. The molecule has 5 heteroatoms. The topological polar surface area (TPSA) is 66.5 Å². The number of urea groups is 1. The van der Waals surface area contributed by atoms with Gasteiger partial charge in [0.2, 0.25) is 0 Å². The van der Waals surface area contributed by atoms with E-state index in [0.717, 1.165) is 0 Å². The lowest BCUT2D eigenvalue weighted by molar-refractivity contribution is 0.256. The summed E-state index contributed by atoms with van der Waals surface area (Å²) in [7, 11) is 0. The fourth-order valence-corrected chi connectivity index (χ4v) is 0.137. The van der Waals surface area contributed by atoms with E-state index in [-0.39, 0.29) is 0 Å². The van der Waals surface area contributed by atoms with Gasteiger partial charge in [0.05, 0.1) is 0 Å². The van der Waals surface area contributed by atoms with Crippen LogP contribution < -0.4 is 0 Å². The second-order valence-corrected chi connectivity index (χ2v) is 0.661. The number of hydrogen-bond donors (Lipinski definition) is 0. The van der Waals surface area contributed by atoms with Crippen LogP contribution in [0.1, 0.15) is 0 Å². The van der Waals surface area contributed by atoms with Crippen LogP contribution >= 0.6 is 0 Å². The van der Waals surface area contributed by atoms with Crippen molar-refractivity contribution in [2.45, 2.75) is 0 Å². The molecule has 0 aromatic carbocycles. The molecule has 0 saturated carbocycles. The van der Waals surface area contributed by atoms with Crippen LogP contribution in [0, 0.1) is 0 Å². The molecule has 5 nitrogen and oxygen atoms in total. The van der Waals surface area contributed by atoms with Crippen molar-refractivity contribution in [3.63, 3.8) is 0 Å². The molecule has 1 heterocycles. The van der Waals surface area contributed by atoms with Crippen molar-refractivity contribution < 1.29 is 4.79 Å². The van der Waals surface area contributed by atoms with Crippen molar-refractivity contribution in [1.29, 1.82) is 0 Å². The number of amides is 2. The van der Waals surface area contributed by atoms with Crippen molar-refractivity contribution in [3.8, 4) is 0 Å². The molecule has 0 unspecified atom stereocenters. The molecule has 0 saturated heterocycles. The van der Waals surface area contributed by atoms with Gasteiger partial charge in [0.1, 0.15) is 0 Å². The first kappa shape index (κ1) is 3.08. The van der Waals surface area contributed by atoms with E-state index in [2.05, 4.69) is 20.7 Å². The number of carbonyl (C=O) groups is 1. The standard InChI is InChI=1S/CN4O/c6-1-2-4-5-3-1. The van der Waals surface area contributed by atoms with E-state index in [1.54, 1.807) is 0 Å². The van der Waals surface area contributed by atoms with Gasteiger partial charge >= 0.3 is 6.03 Å². The molecule has 0 atom stereocenters. The molecule has 1 rings (SSSR count). The van der Waals surface area contributed by atoms with Gasteiger partial charge in [-0.05, 0) is 10.4 Å². The summed E-state index contributed by atoms with van der Waals surface area (Å²) >= 11 is 0. The van der Waals surface area contributed by atoms with Crippen LogP contribution in [0.25, 0.3) is 0 Å². The predicted octanol–water partition coefficient (Wildman–Crippen LogP) is 0.939. The fraction of sp³-hybridized carbons (Fsp3) is 0. The summed E-state index contributed by atoms with van der Waals surface area (Å²) in [5.74, 6) is 0. The summed E-state index contributed by atoms with van der Waals surface area (Å²) in [5, 5.41) is 11.6. The molecular weight excluding hydrogens is 84.0 g/mol. The van der Waals surface area contributed by atoms with Gasteiger partial charge in [-0.25, -0.2) is 4.79 Å². The van der Waals surface area contributed by atoms with Crippen molar-refractivity contribution >= 4 is 6.03 Å². The van der Waals surface area contributed by atoms with E-state index in [4.69, 9.17) is 0 Å². The number of carbonyl (C=O) groups excluding carboxylic acids is 1. The molecule has 1 aliphatic heterocycles. The highest BCUT2D eigenvalue weighted by molar-refractivity contribution is 5.75. The fourth-order valence-electron chi connectivity index (χ4n) is 0.137.